The number of aliphatic hydroxyl groups is 1. The number of piperidine rings is 2. The van der Waals surface area contributed by atoms with Gasteiger partial charge in [-0.3, -0.25) is 0 Å². The highest BCUT2D eigenvalue weighted by Gasteiger charge is 2.29. The molecule has 2 amide bonds. The van der Waals surface area contributed by atoms with Crippen molar-refractivity contribution >= 4 is 79.9 Å². The number of nitrogens with zero attached hydrogens (tertiary/aromatic N) is 9. The lowest BCUT2D eigenvalue weighted by molar-refractivity contribution is 0.0570. The maximum Gasteiger partial charge on any atom is 0.409 e. The lowest BCUT2D eigenvalue weighted by Gasteiger charge is -2.33. The normalized spacial score (nSPS) is 15.7. The van der Waals surface area contributed by atoms with Gasteiger partial charge in [0.1, 0.15) is 11.9 Å². The zero-order chi connectivity index (χ0) is 45.2. The molecule has 7 heterocycles. The Morgan fingerprint density at radius 3 is 1.87 bits per heavy atom. The Labute approximate surface area is 385 Å². The molecular weight excluding hydrogens is 916 g/mol. The van der Waals surface area contributed by atoms with Crippen LogP contribution in [0.3, 0.4) is 0 Å². The molecule has 2 aliphatic heterocycles. The third kappa shape index (κ3) is 12.5. The Kier molecular flexibility index (Phi) is 17.3. The van der Waals surface area contributed by atoms with Crippen molar-refractivity contribution in [1.29, 1.82) is 0 Å². The van der Waals surface area contributed by atoms with Crippen LogP contribution in [0.5, 0.6) is 5.19 Å². The maximum atomic E-state index is 14.4. The van der Waals surface area contributed by atoms with E-state index in [1.807, 2.05) is 39.3 Å². The second kappa shape index (κ2) is 22.6. The average Bonchev–Trinajstić information content (AvgIpc) is 4.04. The summed E-state index contributed by atoms with van der Waals surface area (Å²) in [6.45, 7) is 11.0. The van der Waals surface area contributed by atoms with Gasteiger partial charge in [-0.15, -0.1) is 33.7 Å². The first-order valence-electron chi connectivity index (χ1n) is 20.4. The molecule has 2 fully saturated rings. The minimum absolute atomic E-state index is 0.0313. The van der Waals surface area contributed by atoms with E-state index in [1.165, 1.54) is 56.8 Å². The summed E-state index contributed by atoms with van der Waals surface area (Å²) < 4.78 is 47.8. The van der Waals surface area contributed by atoms with Crippen molar-refractivity contribution in [2.24, 2.45) is 11.8 Å². The number of halogens is 3. The summed E-state index contributed by atoms with van der Waals surface area (Å²) in [6, 6.07) is 8.58. The fourth-order valence-electron chi connectivity index (χ4n) is 7.02. The van der Waals surface area contributed by atoms with Gasteiger partial charge >= 0.3 is 12.2 Å². The molecule has 6 aromatic rings. The number of thioether (sulfide) groups is 2. The molecule has 5 aromatic heterocycles. The predicted molar refractivity (Wildman–Crippen MR) is 243 cm³/mol. The van der Waals surface area contributed by atoms with Gasteiger partial charge in [0.15, 0.2) is 0 Å². The molecule has 63 heavy (non-hydrogen) atoms. The van der Waals surface area contributed by atoms with Crippen LogP contribution in [0.25, 0.3) is 32.4 Å². The molecule has 0 radical (unpaired) electrons. The van der Waals surface area contributed by atoms with E-state index >= 15 is 0 Å². The largest absolute Gasteiger partial charge is 0.466 e. The maximum absolute atomic E-state index is 14.4. The average molecular weight is 967 g/mol. The molecule has 8 rings (SSSR count). The standard InChI is InChI=1S/C21H25FN4O3S2.C10H6ClFN4S2.C10H19NO3/c1-4-28-21(27)25-9-7-14(8-10-25)13(2)29-20-24-26-12-18(23-19(26)31-20)16-6-5-15(30-3)11-17(16)22;1-17-7-3-2-5(8(12)14-7)6-4-16-10(13-6)18-9(11)15-16;1-3-14-10(13)11-6-4-9(5-7-11)8(2)12/h5-6,11-14H,4,7-10H2,1-3H3;2-4H,1H3;8-9,12H,3-7H2,1-2H3. The minimum Gasteiger partial charge on any atom is -0.466 e. The van der Waals surface area contributed by atoms with Crippen LogP contribution < -0.4 is 4.74 Å². The number of carbonyl (C=O) groups is 2. The molecule has 15 nitrogen and oxygen atoms in total. The number of imidazole rings is 2. The fraction of sp³-hybridized carbons (Fsp3) is 0.488. The molecule has 2 unspecified atom stereocenters. The van der Waals surface area contributed by atoms with Crippen LogP contribution in [-0.2, 0) is 9.47 Å². The molecular formula is C41H50ClF2N9O6S4. The highest BCUT2D eigenvalue weighted by molar-refractivity contribution is 7.98. The zero-order valence-corrected chi connectivity index (χ0v) is 39.7. The zero-order valence-electron chi connectivity index (χ0n) is 35.7. The number of fused-ring (bicyclic) bond motifs is 2. The lowest BCUT2D eigenvalue weighted by Crippen LogP contribution is -2.42. The first-order chi connectivity index (χ1) is 30.3. The van der Waals surface area contributed by atoms with Crippen LogP contribution in [-0.4, -0.2) is 125 Å². The second-order valence-corrected chi connectivity index (χ2v) is 18.7. The number of amides is 2. The van der Waals surface area contributed by atoms with Crippen LogP contribution in [0, 0.1) is 23.6 Å². The molecule has 22 heteroatoms. The van der Waals surface area contributed by atoms with E-state index < -0.39 is 5.95 Å². The fourth-order valence-corrected chi connectivity index (χ4v) is 9.53. The molecule has 1 N–H and O–H groups in total. The summed E-state index contributed by atoms with van der Waals surface area (Å²) in [5.41, 5.74) is 1.87. The third-order valence-electron chi connectivity index (χ3n) is 10.6. The number of ether oxygens (including phenoxy) is 3. The van der Waals surface area contributed by atoms with Crippen molar-refractivity contribution in [2.45, 2.75) is 75.5 Å². The SMILES string of the molecule is CCOC(=O)N1CCC(C(C)O)CC1.CCOC(=O)N1CCC(C(C)Oc2nn3cc(-c4ccc(SC)cc4F)nc3s2)CC1.CSc1ccc(-c2cn3nc(Cl)sc3n2)c(F)n1. The molecule has 0 spiro atoms. The Bertz CT molecular complexity index is 2390. The van der Waals surface area contributed by atoms with E-state index in [-0.39, 0.29) is 30.2 Å². The van der Waals surface area contributed by atoms with E-state index in [2.05, 4.69) is 25.1 Å². The second-order valence-electron chi connectivity index (χ2n) is 14.6. The Morgan fingerprint density at radius 2 is 1.37 bits per heavy atom. The van der Waals surface area contributed by atoms with Gasteiger partial charge in [-0.05, 0) is 131 Å². The number of hydrogen-bond acceptors (Lipinski definition) is 15. The number of rotatable bonds is 10. The Hall–Kier alpha value is -4.28. The van der Waals surface area contributed by atoms with E-state index in [4.69, 9.17) is 25.8 Å². The van der Waals surface area contributed by atoms with Crippen LogP contribution in [0.15, 0.2) is 52.6 Å². The quantitative estimate of drug-likeness (QED) is 0.102. The van der Waals surface area contributed by atoms with Crippen molar-refractivity contribution in [1.82, 2.24) is 44.0 Å². The summed E-state index contributed by atoms with van der Waals surface area (Å²) in [6.07, 6.45) is 9.81. The molecule has 0 saturated carbocycles. The van der Waals surface area contributed by atoms with Crippen molar-refractivity contribution in [3.05, 3.63) is 59.0 Å². The number of aromatic nitrogens is 7. The summed E-state index contributed by atoms with van der Waals surface area (Å²) >= 11 is 11.2. The van der Waals surface area contributed by atoms with Crippen LogP contribution in [0.4, 0.5) is 18.4 Å². The van der Waals surface area contributed by atoms with Crippen LogP contribution >= 0.6 is 57.8 Å². The molecule has 1 aromatic carbocycles. The molecule has 0 aliphatic carbocycles. The van der Waals surface area contributed by atoms with Crippen molar-refractivity contribution < 1.29 is 37.7 Å². The van der Waals surface area contributed by atoms with Gasteiger partial charge < -0.3 is 29.1 Å². The van der Waals surface area contributed by atoms with E-state index in [0.717, 1.165) is 30.6 Å². The van der Waals surface area contributed by atoms with Gasteiger partial charge in [0.25, 0.3) is 5.19 Å². The molecule has 2 aliphatic rings. The number of pyridine rings is 1. The minimum atomic E-state index is -0.529. The van der Waals surface area contributed by atoms with Gasteiger partial charge in [-0.25, -0.2) is 38.0 Å². The summed E-state index contributed by atoms with van der Waals surface area (Å²) in [7, 11) is 0. The molecule has 0 bridgehead atoms. The molecule has 2 atom stereocenters. The van der Waals surface area contributed by atoms with Gasteiger partial charge in [-0.2, -0.15) is 4.39 Å². The third-order valence-corrected chi connectivity index (χ3v) is 13.8. The lowest BCUT2D eigenvalue weighted by atomic mass is 9.92. The number of aliphatic hydroxyl groups excluding tert-OH is 1. The summed E-state index contributed by atoms with van der Waals surface area (Å²) in [5.74, 6) is -0.155. The molecule has 2 saturated heterocycles. The molecule has 340 valence electrons. The van der Waals surface area contributed by atoms with Gasteiger partial charge in [0.05, 0.1) is 53.7 Å². The number of likely N-dealkylation sites (tertiary alicyclic amines) is 2. The first kappa shape index (κ1) is 48.2. The summed E-state index contributed by atoms with van der Waals surface area (Å²) in [5, 5.41) is 19.0. The highest BCUT2D eigenvalue weighted by Crippen LogP contribution is 2.32. The monoisotopic (exact) mass is 965 g/mol. The van der Waals surface area contributed by atoms with Crippen molar-refractivity contribution in [3.8, 4) is 27.7 Å². The summed E-state index contributed by atoms with van der Waals surface area (Å²) in [4.78, 5) is 41.4. The van der Waals surface area contributed by atoms with Crippen molar-refractivity contribution in [3.63, 3.8) is 0 Å². The van der Waals surface area contributed by atoms with Crippen LogP contribution in [0.1, 0.15) is 53.4 Å². The van der Waals surface area contributed by atoms with Gasteiger partial charge in [0, 0.05) is 36.6 Å². The Balaban J connectivity index is 0.000000174. The number of benzene rings is 1. The smallest absolute Gasteiger partial charge is 0.409 e. The van der Waals surface area contributed by atoms with Crippen LogP contribution in [0.2, 0.25) is 4.47 Å². The topological polar surface area (TPSA) is 162 Å². The van der Waals surface area contributed by atoms with Gasteiger partial charge in [-0.1, -0.05) is 11.3 Å². The van der Waals surface area contributed by atoms with E-state index in [9.17, 15) is 23.5 Å². The first-order valence-corrected chi connectivity index (χ1v) is 24.9. The number of hydrogen-bond donors (Lipinski definition) is 1. The highest BCUT2D eigenvalue weighted by atomic mass is 35.5. The van der Waals surface area contributed by atoms with Gasteiger partial charge in [0.2, 0.25) is 20.3 Å². The van der Waals surface area contributed by atoms with E-state index in [1.54, 1.807) is 51.8 Å². The predicted octanol–water partition coefficient (Wildman–Crippen LogP) is 9.56. The Morgan fingerprint density at radius 1 is 0.810 bits per heavy atom. The van der Waals surface area contributed by atoms with Crippen molar-refractivity contribution in [2.75, 3.05) is 51.9 Å². The van der Waals surface area contributed by atoms with E-state index in [0.29, 0.717) is 98.4 Å². The number of carbonyl (C=O) groups excluding carboxylic acids is 2.